The molecule has 1 heterocycles. The predicted molar refractivity (Wildman–Crippen MR) is 62.7 cm³/mol. The summed E-state index contributed by atoms with van der Waals surface area (Å²) in [6.07, 6.45) is 1.45. The standard InChI is InChI=1S/C12H9F2NO2S/c1-7-5-17-12(15-7)18-6-11(16)9-4-8(13)2-3-10(9)14/h2-5H,6H2,1H3. The first-order chi connectivity index (χ1) is 8.56. The molecule has 0 fully saturated rings. The normalized spacial score (nSPS) is 10.6. The number of thioether (sulfide) groups is 1. The van der Waals surface area contributed by atoms with E-state index >= 15 is 0 Å². The fourth-order valence-corrected chi connectivity index (χ4v) is 2.05. The van der Waals surface area contributed by atoms with E-state index < -0.39 is 17.4 Å². The van der Waals surface area contributed by atoms with E-state index in [2.05, 4.69) is 4.98 Å². The van der Waals surface area contributed by atoms with E-state index in [0.717, 1.165) is 30.0 Å². The van der Waals surface area contributed by atoms with E-state index in [1.165, 1.54) is 6.26 Å². The molecule has 0 spiro atoms. The molecule has 0 atom stereocenters. The number of hydrogen-bond donors (Lipinski definition) is 0. The topological polar surface area (TPSA) is 43.1 Å². The zero-order valence-electron chi connectivity index (χ0n) is 9.44. The minimum Gasteiger partial charge on any atom is -0.440 e. The highest BCUT2D eigenvalue weighted by molar-refractivity contribution is 7.99. The highest BCUT2D eigenvalue weighted by Gasteiger charge is 2.14. The summed E-state index contributed by atoms with van der Waals surface area (Å²) in [6.45, 7) is 1.75. The van der Waals surface area contributed by atoms with Gasteiger partial charge < -0.3 is 4.42 Å². The largest absolute Gasteiger partial charge is 0.440 e. The molecule has 0 radical (unpaired) electrons. The smallest absolute Gasteiger partial charge is 0.256 e. The first-order valence-electron chi connectivity index (χ1n) is 5.09. The number of rotatable bonds is 4. The van der Waals surface area contributed by atoms with E-state index in [4.69, 9.17) is 4.42 Å². The zero-order valence-corrected chi connectivity index (χ0v) is 10.3. The van der Waals surface area contributed by atoms with Gasteiger partial charge in [-0.05, 0) is 25.1 Å². The molecule has 0 aliphatic carbocycles. The summed E-state index contributed by atoms with van der Waals surface area (Å²) in [5, 5.41) is 0.331. The van der Waals surface area contributed by atoms with Gasteiger partial charge in [0.15, 0.2) is 5.78 Å². The number of carbonyl (C=O) groups is 1. The lowest BCUT2D eigenvalue weighted by Crippen LogP contribution is -2.06. The number of aryl methyl sites for hydroxylation is 1. The van der Waals surface area contributed by atoms with Crippen LogP contribution in [0.4, 0.5) is 8.78 Å². The molecule has 3 nitrogen and oxygen atoms in total. The van der Waals surface area contributed by atoms with Gasteiger partial charge in [0.05, 0.1) is 17.0 Å². The molecule has 2 rings (SSSR count). The summed E-state index contributed by atoms with van der Waals surface area (Å²) in [7, 11) is 0. The van der Waals surface area contributed by atoms with E-state index in [-0.39, 0.29) is 11.3 Å². The molecule has 6 heteroatoms. The molecule has 0 saturated carbocycles. The van der Waals surface area contributed by atoms with Crippen molar-refractivity contribution in [2.45, 2.75) is 12.1 Å². The van der Waals surface area contributed by atoms with Crippen LogP contribution in [0.25, 0.3) is 0 Å². The number of halogens is 2. The van der Waals surface area contributed by atoms with E-state index in [9.17, 15) is 13.6 Å². The second-order valence-electron chi connectivity index (χ2n) is 3.59. The number of benzene rings is 1. The second-order valence-corrected chi connectivity index (χ2v) is 4.52. The van der Waals surface area contributed by atoms with Gasteiger partial charge in [0.2, 0.25) is 0 Å². The molecule has 0 amide bonds. The van der Waals surface area contributed by atoms with Crippen LogP contribution in [-0.2, 0) is 0 Å². The summed E-state index contributed by atoms with van der Waals surface area (Å²) in [6, 6.07) is 2.79. The summed E-state index contributed by atoms with van der Waals surface area (Å²) in [5.41, 5.74) is 0.438. The Morgan fingerprint density at radius 1 is 1.44 bits per heavy atom. The minimum absolute atomic E-state index is 0.0552. The molecule has 0 saturated heterocycles. The first kappa shape index (κ1) is 12.8. The number of ketones is 1. The molecule has 0 N–H and O–H groups in total. The van der Waals surface area contributed by atoms with Crippen LogP contribution in [0.1, 0.15) is 16.1 Å². The van der Waals surface area contributed by atoms with E-state index in [1.807, 2.05) is 0 Å². The summed E-state index contributed by atoms with van der Waals surface area (Å²) in [4.78, 5) is 15.7. The van der Waals surface area contributed by atoms with Crippen LogP contribution in [0.3, 0.4) is 0 Å². The number of aromatic nitrogens is 1. The van der Waals surface area contributed by atoms with Crippen molar-refractivity contribution in [2.24, 2.45) is 0 Å². The molecule has 0 aliphatic rings. The minimum atomic E-state index is -0.731. The summed E-state index contributed by atoms with van der Waals surface area (Å²) >= 11 is 1.04. The number of carbonyl (C=O) groups excluding carboxylic acids is 1. The maximum Gasteiger partial charge on any atom is 0.256 e. The van der Waals surface area contributed by atoms with Crippen LogP contribution < -0.4 is 0 Å². The van der Waals surface area contributed by atoms with Crippen molar-refractivity contribution in [1.82, 2.24) is 4.98 Å². The molecule has 1 aromatic heterocycles. The Kier molecular flexibility index (Phi) is 3.76. The van der Waals surface area contributed by atoms with Gasteiger partial charge in [-0.15, -0.1) is 0 Å². The van der Waals surface area contributed by atoms with Gasteiger partial charge in [0, 0.05) is 0 Å². The fourth-order valence-electron chi connectivity index (χ4n) is 1.31. The third-order valence-electron chi connectivity index (χ3n) is 2.15. The third-order valence-corrected chi connectivity index (χ3v) is 2.99. The van der Waals surface area contributed by atoms with Crippen molar-refractivity contribution in [3.63, 3.8) is 0 Å². The molecule has 0 unspecified atom stereocenters. The van der Waals surface area contributed by atoms with Crippen molar-refractivity contribution in [2.75, 3.05) is 5.75 Å². The van der Waals surface area contributed by atoms with E-state index in [0.29, 0.717) is 10.9 Å². The molecular formula is C12H9F2NO2S. The van der Waals surface area contributed by atoms with Gasteiger partial charge in [0.1, 0.15) is 17.9 Å². The van der Waals surface area contributed by atoms with Crippen LogP contribution in [0.15, 0.2) is 34.1 Å². The van der Waals surface area contributed by atoms with Crippen molar-refractivity contribution >= 4 is 17.5 Å². The van der Waals surface area contributed by atoms with Gasteiger partial charge in [0.25, 0.3) is 5.22 Å². The number of oxazole rings is 1. The first-order valence-corrected chi connectivity index (χ1v) is 6.08. The third kappa shape index (κ3) is 2.95. The summed E-state index contributed by atoms with van der Waals surface area (Å²) in [5.74, 6) is -1.93. The van der Waals surface area contributed by atoms with Gasteiger partial charge in [-0.25, -0.2) is 13.8 Å². The maximum atomic E-state index is 13.3. The Balaban J connectivity index is 2.05. The van der Waals surface area contributed by atoms with Crippen molar-refractivity contribution in [3.8, 4) is 0 Å². The average Bonchev–Trinajstić information content (AvgIpc) is 2.75. The molecule has 1 aromatic carbocycles. The van der Waals surface area contributed by atoms with Gasteiger partial charge in [-0.3, -0.25) is 4.79 Å². The van der Waals surface area contributed by atoms with Crippen molar-refractivity contribution < 1.29 is 18.0 Å². The molecule has 2 aromatic rings. The highest BCUT2D eigenvalue weighted by Crippen LogP contribution is 2.19. The van der Waals surface area contributed by atoms with Gasteiger partial charge >= 0.3 is 0 Å². The maximum absolute atomic E-state index is 13.3. The molecular weight excluding hydrogens is 260 g/mol. The van der Waals surface area contributed by atoms with Gasteiger partial charge in [-0.1, -0.05) is 11.8 Å². The predicted octanol–water partition coefficient (Wildman–Crippen LogP) is 3.24. The van der Waals surface area contributed by atoms with E-state index in [1.54, 1.807) is 6.92 Å². The number of Topliss-reactive ketones (excluding diaryl/α,β-unsaturated/α-hetero) is 1. The number of hydrogen-bond acceptors (Lipinski definition) is 4. The monoisotopic (exact) mass is 269 g/mol. The van der Waals surface area contributed by atoms with Crippen molar-refractivity contribution in [1.29, 1.82) is 0 Å². The highest BCUT2D eigenvalue weighted by atomic mass is 32.2. The molecule has 0 bridgehead atoms. The summed E-state index contributed by atoms with van der Waals surface area (Å²) < 4.78 is 31.3. The Morgan fingerprint density at radius 2 is 2.22 bits per heavy atom. The quantitative estimate of drug-likeness (QED) is 0.631. The SMILES string of the molecule is Cc1coc(SCC(=O)c2cc(F)ccc2F)n1. The van der Waals surface area contributed by atoms with Crippen LogP contribution in [-0.4, -0.2) is 16.5 Å². The van der Waals surface area contributed by atoms with Crippen molar-refractivity contribution in [3.05, 3.63) is 47.4 Å². The van der Waals surface area contributed by atoms with Crippen LogP contribution in [0.2, 0.25) is 0 Å². The molecule has 94 valence electrons. The lowest BCUT2D eigenvalue weighted by Gasteiger charge is -2.01. The fraction of sp³-hybridized carbons (Fsp3) is 0.167. The lowest BCUT2D eigenvalue weighted by atomic mass is 10.1. The van der Waals surface area contributed by atoms with Crippen LogP contribution in [0, 0.1) is 18.6 Å². The van der Waals surface area contributed by atoms with Crippen LogP contribution in [0.5, 0.6) is 0 Å². The zero-order chi connectivity index (χ0) is 13.1. The van der Waals surface area contributed by atoms with Gasteiger partial charge in [-0.2, -0.15) is 0 Å². The molecule has 18 heavy (non-hydrogen) atoms. The molecule has 0 aliphatic heterocycles. The second kappa shape index (κ2) is 5.30. The Hall–Kier alpha value is -1.69. The number of nitrogens with zero attached hydrogens (tertiary/aromatic N) is 1. The average molecular weight is 269 g/mol. The lowest BCUT2D eigenvalue weighted by molar-refractivity contribution is 0.101. The Bertz CT molecular complexity index is 583. The Labute approximate surface area is 106 Å². The Morgan fingerprint density at radius 3 is 2.89 bits per heavy atom. The van der Waals surface area contributed by atoms with Crippen LogP contribution >= 0.6 is 11.8 Å².